The lowest BCUT2D eigenvalue weighted by Gasteiger charge is -2.28. The van der Waals surface area contributed by atoms with Crippen molar-refractivity contribution in [3.05, 3.63) is 51.9 Å². The van der Waals surface area contributed by atoms with E-state index in [1.807, 2.05) is 31.2 Å². The van der Waals surface area contributed by atoms with E-state index in [9.17, 15) is 4.79 Å². The number of hydrogen-bond donors (Lipinski definition) is 1. The van der Waals surface area contributed by atoms with Crippen LogP contribution in [0.15, 0.2) is 46.3 Å². The summed E-state index contributed by atoms with van der Waals surface area (Å²) in [5.74, 6) is 0.320. The number of allylic oxidation sites excluding steroid dienone is 1. The summed E-state index contributed by atoms with van der Waals surface area (Å²) in [7, 11) is 0. The molecule has 1 aromatic carbocycles. The summed E-state index contributed by atoms with van der Waals surface area (Å²) < 4.78 is 8.30. The van der Waals surface area contributed by atoms with Gasteiger partial charge in [-0.25, -0.2) is 9.48 Å². The molecule has 1 unspecified atom stereocenters. The summed E-state index contributed by atoms with van der Waals surface area (Å²) in [6.07, 6.45) is 7.07. The number of nitrogens with zero attached hydrogens (tertiary/aromatic N) is 3. The Morgan fingerprint density at radius 3 is 2.70 bits per heavy atom. The van der Waals surface area contributed by atoms with Gasteiger partial charge in [-0.2, -0.15) is 10.1 Å². The molecule has 1 N–H and O–H groups in total. The molecule has 0 bridgehead atoms. The average Bonchev–Trinajstić information content (AvgIpc) is 3.12. The largest absolute Gasteiger partial charge is 0.462 e. The standard InChI is InChI=1S/C20H25BrN4O2/c1-3-4-5-6-7-12-27-19(26)17-14(2)24-20-22-13-23-25(20)18(17)15-8-10-16(21)11-9-15/h8-11,13,18H,3-7,12H2,1-2H3,(H,22,23,24). The number of esters is 1. The Kier molecular flexibility index (Phi) is 6.66. The maximum Gasteiger partial charge on any atom is 0.338 e. The maximum absolute atomic E-state index is 12.9. The van der Waals surface area contributed by atoms with Crippen molar-refractivity contribution in [2.75, 3.05) is 11.9 Å². The first-order chi connectivity index (χ1) is 13.1. The number of nitrogens with one attached hydrogen (secondary N) is 1. The second-order valence-electron chi connectivity index (χ2n) is 6.70. The summed E-state index contributed by atoms with van der Waals surface area (Å²) in [6, 6.07) is 7.53. The van der Waals surface area contributed by atoms with Crippen LogP contribution >= 0.6 is 15.9 Å². The number of halogens is 1. The highest BCUT2D eigenvalue weighted by molar-refractivity contribution is 9.10. The molecule has 0 fully saturated rings. The second-order valence-corrected chi connectivity index (χ2v) is 7.61. The molecule has 6 nitrogen and oxygen atoms in total. The fourth-order valence-corrected chi connectivity index (χ4v) is 3.52. The molecule has 0 amide bonds. The summed E-state index contributed by atoms with van der Waals surface area (Å²) in [5.41, 5.74) is 2.28. The number of carbonyl (C=O) groups is 1. The van der Waals surface area contributed by atoms with Gasteiger partial charge < -0.3 is 10.1 Å². The molecule has 2 aromatic rings. The van der Waals surface area contributed by atoms with E-state index in [4.69, 9.17) is 4.74 Å². The van der Waals surface area contributed by atoms with Crippen LogP contribution in [0, 0.1) is 0 Å². The number of hydrogen-bond acceptors (Lipinski definition) is 5. The number of anilines is 1. The molecule has 144 valence electrons. The lowest BCUT2D eigenvalue weighted by molar-refractivity contribution is -0.139. The van der Waals surface area contributed by atoms with Crippen molar-refractivity contribution < 1.29 is 9.53 Å². The zero-order valence-electron chi connectivity index (χ0n) is 15.7. The quantitative estimate of drug-likeness (QED) is 0.477. The molecule has 1 atom stereocenters. The first-order valence-corrected chi connectivity index (χ1v) is 10.2. The van der Waals surface area contributed by atoms with Gasteiger partial charge in [-0.3, -0.25) is 0 Å². The summed E-state index contributed by atoms with van der Waals surface area (Å²) >= 11 is 3.46. The van der Waals surface area contributed by atoms with Crippen molar-refractivity contribution in [3.63, 3.8) is 0 Å². The number of ether oxygens (including phenoxy) is 1. The van der Waals surface area contributed by atoms with E-state index in [1.165, 1.54) is 25.6 Å². The average molecular weight is 433 g/mol. The number of unbranched alkanes of at least 4 members (excludes halogenated alkanes) is 4. The van der Waals surface area contributed by atoms with Crippen LogP contribution in [-0.2, 0) is 9.53 Å². The first kappa shape index (κ1) is 19.6. The molecule has 0 saturated carbocycles. The summed E-state index contributed by atoms with van der Waals surface area (Å²) in [4.78, 5) is 17.1. The highest BCUT2D eigenvalue weighted by Crippen LogP contribution is 2.35. The van der Waals surface area contributed by atoms with Crippen molar-refractivity contribution in [3.8, 4) is 0 Å². The molecule has 3 rings (SSSR count). The second kappa shape index (κ2) is 9.17. The van der Waals surface area contributed by atoms with E-state index < -0.39 is 0 Å². The van der Waals surface area contributed by atoms with Crippen LogP contribution < -0.4 is 5.32 Å². The van der Waals surface area contributed by atoms with Crippen LogP contribution in [0.4, 0.5) is 5.95 Å². The monoisotopic (exact) mass is 432 g/mol. The number of benzene rings is 1. The maximum atomic E-state index is 12.9. The van der Waals surface area contributed by atoms with Gasteiger partial charge in [0.2, 0.25) is 5.95 Å². The van der Waals surface area contributed by atoms with E-state index in [0.29, 0.717) is 18.1 Å². The Labute approximate surface area is 168 Å². The highest BCUT2D eigenvalue weighted by Gasteiger charge is 2.34. The number of aromatic nitrogens is 3. The fraction of sp³-hybridized carbons (Fsp3) is 0.450. The molecule has 0 spiro atoms. The Morgan fingerprint density at radius 2 is 1.96 bits per heavy atom. The minimum absolute atomic E-state index is 0.301. The molecule has 1 aromatic heterocycles. The van der Waals surface area contributed by atoms with Crippen molar-refractivity contribution in [1.29, 1.82) is 0 Å². The van der Waals surface area contributed by atoms with Crippen LogP contribution in [0.3, 0.4) is 0 Å². The molecule has 0 aliphatic carbocycles. The van der Waals surface area contributed by atoms with Gasteiger partial charge in [-0.15, -0.1) is 0 Å². The van der Waals surface area contributed by atoms with Gasteiger partial charge in [0, 0.05) is 10.2 Å². The van der Waals surface area contributed by atoms with Gasteiger partial charge in [0.25, 0.3) is 0 Å². The zero-order chi connectivity index (χ0) is 19.2. The Balaban J connectivity index is 1.78. The highest BCUT2D eigenvalue weighted by atomic mass is 79.9. The minimum atomic E-state index is -0.357. The van der Waals surface area contributed by atoms with E-state index in [0.717, 1.165) is 28.6 Å². The lowest BCUT2D eigenvalue weighted by Crippen LogP contribution is -2.29. The number of carbonyl (C=O) groups excluding carboxylic acids is 1. The fourth-order valence-electron chi connectivity index (χ4n) is 3.26. The lowest BCUT2D eigenvalue weighted by atomic mass is 9.96. The van der Waals surface area contributed by atoms with E-state index >= 15 is 0 Å². The third-order valence-electron chi connectivity index (χ3n) is 4.68. The predicted molar refractivity (Wildman–Crippen MR) is 108 cm³/mol. The normalized spacial score (nSPS) is 16.0. The van der Waals surface area contributed by atoms with E-state index in [2.05, 4.69) is 38.3 Å². The molecule has 1 aliphatic rings. The van der Waals surface area contributed by atoms with Crippen molar-refractivity contribution in [2.24, 2.45) is 0 Å². The molecule has 7 heteroatoms. The van der Waals surface area contributed by atoms with Crippen molar-refractivity contribution >= 4 is 27.8 Å². The van der Waals surface area contributed by atoms with Gasteiger partial charge in [0.05, 0.1) is 12.2 Å². The molecule has 0 saturated heterocycles. The molecule has 1 aliphatic heterocycles. The SMILES string of the molecule is CCCCCCCOC(=O)C1=C(C)Nc2ncnn2C1c1ccc(Br)cc1. The van der Waals surface area contributed by atoms with Gasteiger partial charge in [0.1, 0.15) is 12.4 Å². The molecule has 2 heterocycles. The Hall–Kier alpha value is -2.15. The third kappa shape index (κ3) is 4.58. The van der Waals surface area contributed by atoms with Gasteiger partial charge in [0.15, 0.2) is 0 Å². The number of rotatable bonds is 8. The minimum Gasteiger partial charge on any atom is -0.462 e. The van der Waals surface area contributed by atoms with Crippen LogP contribution in [0.5, 0.6) is 0 Å². The van der Waals surface area contributed by atoms with E-state index in [1.54, 1.807) is 4.68 Å². The molecular weight excluding hydrogens is 408 g/mol. The third-order valence-corrected chi connectivity index (χ3v) is 5.21. The van der Waals surface area contributed by atoms with Crippen LogP contribution in [0.25, 0.3) is 0 Å². The topological polar surface area (TPSA) is 69.0 Å². The van der Waals surface area contributed by atoms with Gasteiger partial charge in [-0.05, 0) is 31.0 Å². The number of fused-ring (bicyclic) bond motifs is 1. The van der Waals surface area contributed by atoms with Crippen LogP contribution in [-0.4, -0.2) is 27.3 Å². The van der Waals surface area contributed by atoms with Crippen LogP contribution in [0.1, 0.15) is 57.6 Å². The summed E-state index contributed by atoms with van der Waals surface area (Å²) in [5, 5.41) is 7.48. The Morgan fingerprint density at radius 1 is 1.22 bits per heavy atom. The van der Waals surface area contributed by atoms with Crippen molar-refractivity contribution in [2.45, 2.75) is 52.0 Å². The predicted octanol–water partition coefficient (Wildman–Crippen LogP) is 4.84. The smallest absolute Gasteiger partial charge is 0.338 e. The molecule has 0 radical (unpaired) electrons. The van der Waals surface area contributed by atoms with Gasteiger partial charge >= 0.3 is 5.97 Å². The first-order valence-electron chi connectivity index (χ1n) is 9.41. The van der Waals surface area contributed by atoms with Gasteiger partial charge in [-0.1, -0.05) is 60.7 Å². The molecule has 27 heavy (non-hydrogen) atoms. The van der Waals surface area contributed by atoms with E-state index in [-0.39, 0.29) is 12.0 Å². The van der Waals surface area contributed by atoms with Crippen molar-refractivity contribution in [1.82, 2.24) is 14.8 Å². The zero-order valence-corrected chi connectivity index (χ0v) is 17.3. The van der Waals surface area contributed by atoms with Crippen LogP contribution in [0.2, 0.25) is 0 Å². The summed E-state index contributed by atoms with van der Waals surface area (Å²) in [6.45, 7) is 4.50. The Bertz CT molecular complexity index is 814. The molecular formula is C20H25BrN4O2.